The maximum Gasteiger partial charge on any atom is 0.271 e. The Balaban J connectivity index is 2.07. The summed E-state index contributed by atoms with van der Waals surface area (Å²) < 4.78 is 6.27. The third-order valence-corrected chi connectivity index (χ3v) is 4.33. The normalized spacial score (nSPS) is 10.8. The lowest BCUT2D eigenvalue weighted by atomic mass is 10.1. The summed E-state index contributed by atoms with van der Waals surface area (Å²) in [7, 11) is 1.58. The van der Waals surface area contributed by atoms with Crippen LogP contribution in [-0.4, -0.2) is 28.0 Å². The molecule has 28 heavy (non-hydrogen) atoms. The summed E-state index contributed by atoms with van der Waals surface area (Å²) in [4.78, 5) is 21.0. The van der Waals surface area contributed by atoms with Gasteiger partial charge in [0.1, 0.15) is 17.4 Å². The molecule has 0 bridgehead atoms. The summed E-state index contributed by atoms with van der Waals surface area (Å²) in [5.74, 6) is 0.456. The Morgan fingerprint density at radius 2 is 2.07 bits per heavy atom. The molecule has 1 aromatic carbocycles. The maximum atomic E-state index is 12.6. The number of nitriles is 1. The molecule has 0 aliphatic rings. The minimum atomic E-state index is -0.553. The number of benzene rings is 1. The molecule has 0 fully saturated rings. The van der Waals surface area contributed by atoms with E-state index < -0.39 is 5.56 Å². The van der Waals surface area contributed by atoms with Crippen molar-refractivity contribution in [2.24, 2.45) is 4.99 Å². The lowest BCUT2D eigenvalue weighted by Gasteiger charge is -2.14. The molecule has 0 spiro atoms. The lowest BCUT2D eigenvalue weighted by molar-refractivity contribution is 0.413. The van der Waals surface area contributed by atoms with Gasteiger partial charge in [0.25, 0.3) is 5.56 Å². The predicted molar refractivity (Wildman–Crippen MR) is 105 cm³/mol. The van der Waals surface area contributed by atoms with E-state index in [0.29, 0.717) is 22.6 Å². The van der Waals surface area contributed by atoms with E-state index in [1.54, 1.807) is 62.8 Å². The van der Waals surface area contributed by atoms with Crippen LogP contribution in [0, 0.1) is 18.3 Å². The number of ether oxygens (including phenoxy) is 1. The quantitative estimate of drug-likeness (QED) is 0.692. The van der Waals surface area contributed by atoms with Gasteiger partial charge in [-0.15, -0.1) is 0 Å². The van der Waals surface area contributed by atoms with Crippen LogP contribution in [0.3, 0.4) is 0 Å². The zero-order valence-corrected chi connectivity index (χ0v) is 15.5. The van der Waals surface area contributed by atoms with E-state index in [9.17, 15) is 15.2 Å². The van der Waals surface area contributed by atoms with E-state index in [0.717, 1.165) is 10.1 Å². The third-order valence-electron chi connectivity index (χ3n) is 4.33. The predicted octanol–water partition coefficient (Wildman–Crippen LogP) is 2.94. The molecule has 140 valence electrons. The number of methoxy groups -OCH3 is 1. The van der Waals surface area contributed by atoms with Gasteiger partial charge in [0.2, 0.25) is 5.88 Å². The van der Waals surface area contributed by atoms with Crippen LogP contribution in [0.4, 0.5) is 5.69 Å². The van der Waals surface area contributed by atoms with Gasteiger partial charge in [-0.3, -0.25) is 19.3 Å². The minimum absolute atomic E-state index is 0.0297. The lowest BCUT2D eigenvalue weighted by Crippen LogP contribution is -2.26. The fourth-order valence-corrected chi connectivity index (χ4v) is 2.75. The van der Waals surface area contributed by atoms with Gasteiger partial charge in [-0.1, -0.05) is 6.07 Å². The van der Waals surface area contributed by atoms with E-state index in [1.807, 2.05) is 6.07 Å². The molecule has 0 unspecified atom stereocenters. The second kappa shape index (κ2) is 8.18. The second-order valence-electron chi connectivity index (χ2n) is 6.06. The minimum Gasteiger partial charge on any atom is -0.497 e. The van der Waals surface area contributed by atoms with Crippen LogP contribution in [0.2, 0.25) is 0 Å². The summed E-state index contributed by atoms with van der Waals surface area (Å²) >= 11 is 0. The van der Waals surface area contributed by atoms with E-state index in [4.69, 9.17) is 4.74 Å². The Morgan fingerprint density at radius 1 is 1.32 bits per heavy atom. The monoisotopic (exact) mass is 374 g/mol. The highest BCUT2D eigenvalue weighted by molar-refractivity contribution is 5.87. The number of hydrogen-bond donors (Lipinski definition) is 1. The molecule has 7 heteroatoms. The van der Waals surface area contributed by atoms with Gasteiger partial charge >= 0.3 is 0 Å². The van der Waals surface area contributed by atoms with Gasteiger partial charge in [0.15, 0.2) is 0 Å². The number of hydrogen-bond acceptors (Lipinski definition) is 6. The Kier molecular flexibility index (Phi) is 5.51. The van der Waals surface area contributed by atoms with Crippen molar-refractivity contribution in [2.75, 3.05) is 7.11 Å². The molecular weight excluding hydrogens is 356 g/mol. The van der Waals surface area contributed by atoms with Crippen LogP contribution in [0.15, 0.2) is 58.6 Å². The van der Waals surface area contributed by atoms with Gasteiger partial charge in [0, 0.05) is 18.6 Å². The highest BCUT2D eigenvalue weighted by Gasteiger charge is 2.18. The van der Waals surface area contributed by atoms with Crippen molar-refractivity contribution < 1.29 is 9.84 Å². The van der Waals surface area contributed by atoms with Crippen molar-refractivity contribution in [1.82, 2.24) is 9.55 Å². The molecule has 0 aliphatic carbocycles. The van der Waals surface area contributed by atoms with E-state index in [1.165, 1.54) is 6.21 Å². The molecule has 3 rings (SSSR count). The molecule has 2 aromatic heterocycles. The molecule has 0 amide bonds. The third kappa shape index (κ3) is 3.76. The first-order valence-electron chi connectivity index (χ1n) is 8.48. The molecule has 0 aliphatic heterocycles. The van der Waals surface area contributed by atoms with Crippen molar-refractivity contribution in [3.8, 4) is 17.7 Å². The summed E-state index contributed by atoms with van der Waals surface area (Å²) in [6.45, 7) is 1.71. The molecule has 0 radical (unpaired) electrons. The van der Waals surface area contributed by atoms with Crippen LogP contribution in [0.5, 0.6) is 11.6 Å². The Morgan fingerprint density at radius 3 is 2.68 bits per heavy atom. The molecule has 3 aromatic rings. The van der Waals surface area contributed by atoms with Crippen molar-refractivity contribution in [2.45, 2.75) is 13.5 Å². The average Bonchev–Trinajstić information content (AvgIpc) is 2.72. The van der Waals surface area contributed by atoms with Crippen LogP contribution in [-0.2, 0) is 6.54 Å². The number of aromatic hydroxyl groups is 1. The second-order valence-corrected chi connectivity index (χ2v) is 6.06. The Labute approximate surface area is 161 Å². The molecule has 7 nitrogen and oxygen atoms in total. The highest BCUT2D eigenvalue weighted by Crippen LogP contribution is 2.23. The first-order chi connectivity index (χ1) is 13.5. The zero-order chi connectivity index (χ0) is 20.1. The van der Waals surface area contributed by atoms with Gasteiger partial charge in [-0.05, 0) is 48.4 Å². The fourth-order valence-electron chi connectivity index (χ4n) is 2.75. The fraction of sp³-hybridized carbons (Fsp3) is 0.143. The summed E-state index contributed by atoms with van der Waals surface area (Å²) in [6, 6.07) is 12.5. The maximum absolute atomic E-state index is 12.6. The van der Waals surface area contributed by atoms with Crippen molar-refractivity contribution in [3.63, 3.8) is 0 Å². The Bertz CT molecular complexity index is 1110. The van der Waals surface area contributed by atoms with E-state index >= 15 is 0 Å². The molecule has 2 heterocycles. The van der Waals surface area contributed by atoms with Gasteiger partial charge in [-0.2, -0.15) is 5.26 Å². The SMILES string of the molecule is COc1ccc(N=Cc2c(C)c(C#N)c(=O)n(Cc3cccnc3)c2O)cc1. The van der Waals surface area contributed by atoms with Crippen LogP contribution < -0.4 is 10.3 Å². The molecule has 0 saturated carbocycles. The summed E-state index contributed by atoms with van der Waals surface area (Å²) in [5.41, 5.74) is 1.48. The number of pyridine rings is 2. The zero-order valence-electron chi connectivity index (χ0n) is 15.5. The van der Waals surface area contributed by atoms with Crippen LogP contribution in [0.1, 0.15) is 22.3 Å². The summed E-state index contributed by atoms with van der Waals surface area (Å²) in [6.07, 6.45) is 4.67. The van der Waals surface area contributed by atoms with Crippen LogP contribution in [0.25, 0.3) is 0 Å². The highest BCUT2D eigenvalue weighted by atomic mass is 16.5. The van der Waals surface area contributed by atoms with Crippen molar-refractivity contribution in [3.05, 3.63) is 81.4 Å². The largest absolute Gasteiger partial charge is 0.497 e. The number of aliphatic imine (C=N–C) groups is 1. The van der Waals surface area contributed by atoms with Gasteiger partial charge in [-0.25, -0.2) is 0 Å². The topological polar surface area (TPSA) is 100 Å². The molecule has 0 saturated heterocycles. The smallest absolute Gasteiger partial charge is 0.271 e. The average molecular weight is 374 g/mol. The van der Waals surface area contributed by atoms with Gasteiger partial charge < -0.3 is 9.84 Å². The number of aromatic nitrogens is 2. The van der Waals surface area contributed by atoms with Gasteiger partial charge in [0.05, 0.1) is 24.9 Å². The first-order valence-corrected chi connectivity index (χ1v) is 8.48. The molecule has 0 atom stereocenters. The first kappa shape index (κ1) is 18.9. The van der Waals surface area contributed by atoms with Crippen molar-refractivity contribution in [1.29, 1.82) is 5.26 Å². The van der Waals surface area contributed by atoms with Crippen LogP contribution >= 0.6 is 0 Å². The summed E-state index contributed by atoms with van der Waals surface area (Å²) in [5, 5.41) is 20.1. The van der Waals surface area contributed by atoms with Crippen molar-refractivity contribution >= 4 is 11.9 Å². The van der Waals surface area contributed by atoms with E-state index in [-0.39, 0.29) is 18.0 Å². The molecule has 1 N–H and O–H groups in total. The number of rotatable bonds is 5. The molecular formula is C21H18N4O3. The number of nitrogens with zero attached hydrogens (tertiary/aromatic N) is 4. The Hall–Kier alpha value is -3.92. The standard InChI is InChI=1S/C21H18N4O3/c1-14-18(10-22)20(26)25(13-15-4-3-9-23-11-15)21(27)19(14)12-24-16-5-7-17(28-2)8-6-16/h3-9,11-12,27H,13H2,1-2H3. The van der Waals surface area contributed by atoms with E-state index in [2.05, 4.69) is 9.98 Å².